The third-order valence-electron chi connectivity index (χ3n) is 3.77. The molecule has 0 N–H and O–H groups in total. The van der Waals surface area contributed by atoms with E-state index in [2.05, 4.69) is 4.98 Å². The number of aromatic nitrogens is 1. The Hall–Kier alpha value is -1.67. The van der Waals surface area contributed by atoms with E-state index in [1.54, 1.807) is 38.1 Å². The van der Waals surface area contributed by atoms with Crippen molar-refractivity contribution < 1.29 is 17.9 Å². The van der Waals surface area contributed by atoms with Crippen LogP contribution in [-0.2, 0) is 19.5 Å². The summed E-state index contributed by atoms with van der Waals surface area (Å²) in [4.78, 5) is 3.95. The molecule has 25 heavy (non-hydrogen) atoms. The van der Waals surface area contributed by atoms with E-state index >= 15 is 0 Å². The van der Waals surface area contributed by atoms with Gasteiger partial charge in [0.15, 0.2) is 5.79 Å². The molecule has 1 saturated heterocycles. The van der Waals surface area contributed by atoms with Crippen molar-refractivity contribution in [3.63, 3.8) is 0 Å². The number of nitrogens with zero attached hydrogens (tertiary/aromatic N) is 2. The molecular weight excluding hydrogens is 364 g/mol. The molecule has 0 bridgehead atoms. The maximum atomic E-state index is 13.1. The lowest BCUT2D eigenvalue weighted by molar-refractivity contribution is -0.136. The molecule has 1 unspecified atom stereocenters. The Morgan fingerprint density at radius 3 is 2.52 bits per heavy atom. The van der Waals surface area contributed by atoms with Crippen LogP contribution in [0.5, 0.6) is 0 Å². The molecule has 1 aromatic heterocycles. The van der Waals surface area contributed by atoms with Gasteiger partial charge in [0.2, 0.25) is 0 Å². The molecule has 0 spiro atoms. The number of ether oxygens (including phenoxy) is 2. The van der Waals surface area contributed by atoms with Gasteiger partial charge in [-0.15, -0.1) is 0 Å². The summed E-state index contributed by atoms with van der Waals surface area (Å²) in [5, 5.41) is 0.236. The van der Waals surface area contributed by atoms with Crippen molar-refractivity contribution in [2.45, 2.75) is 30.6 Å². The summed E-state index contributed by atoms with van der Waals surface area (Å²) in [7, 11) is -3.82. The van der Waals surface area contributed by atoms with E-state index in [-0.39, 0.29) is 22.7 Å². The number of pyridine rings is 1. The highest BCUT2D eigenvalue weighted by Crippen LogP contribution is 2.28. The number of halogens is 1. The predicted molar refractivity (Wildman–Crippen MR) is 95.1 cm³/mol. The van der Waals surface area contributed by atoms with Crippen molar-refractivity contribution in [3.8, 4) is 0 Å². The molecule has 0 saturated carbocycles. The molecule has 0 aliphatic carbocycles. The number of sulfonamides is 1. The molecule has 0 radical (unpaired) electrons. The summed E-state index contributed by atoms with van der Waals surface area (Å²) < 4.78 is 38.9. The van der Waals surface area contributed by atoms with Gasteiger partial charge in [-0.2, -0.15) is 0 Å². The number of rotatable bonds is 5. The molecular formula is C17H19ClN2O4S. The molecule has 1 atom stereocenters. The van der Waals surface area contributed by atoms with E-state index < -0.39 is 15.8 Å². The predicted octanol–water partition coefficient (Wildman–Crippen LogP) is 3.08. The lowest BCUT2D eigenvalue weighted by atomic mass is 10.3. The molecule has 6 nitrogen and oxygen atoms in total. The molecule has 2 aromatic rings. The average Bonchev–Trinajstić information content (AvgIpc) is 2.92. The second-order valence-electron chi connectivity index (χ2n) is 6.14. The van der Waals surface area contributed by atoms with E-state index in [4.69, 9.17) is 21.1 Å². The van der Waals surface area contributed by atoms with Crippen LogP contribution in [0.15, 0.2) is 53.6 Å². The van der Waals surface area contributed by atoms with Crippen molar-refractivity contribution >= 4 is 27.3 Å². The second kappa shape index (κ2) is 6.92. The second-order valence-corrected chi connectivity index (χ2v) is 8.39. The van der Waals surface area contributed by atoms with Crippen LogP contribution < -0.4 is 4.31 Å². The first-order valence-corrected chi connectivity index (χ1v) is 9.61. The molecule has 1 fully saturated rings. The summed E-state index contributed by atoms with van der Waals surface area (Å²) in [6.45, 7) is 4.07. The summed E-state index contributed by atoms with van der Waals surface area (Å²) in [6, 6.07) is 11.8. The van der Waals surface area contributed by atoms with Gasteiger partial charge in [-0.3, -0.25) is 4.31 Å². The van der Waals surface area contributed by atoms with E-state index in [0.717, 1.165) is 0 Å². The Kier molecular flexibility index (Phi) is 5.02. The molecule has 8 heteroatoms. The Labute approximate surface area is 152 Å². The number of benzene rings is 1. The van der Waals surface area contributed by atoms with E-state index in [1.165, 1.54) is 22.6 Å². The van der Waals surface area contributed by atoms with Crippen LogP contribution in [0.25, 0.3) is 0 Å². The maximum Gasteiger partial charge on any atom is 0.265 e. The number of para-hydroxylation sites is 1. The smallest absolute Gasteiger partial charge is 0.265 e. The molecule has 1 aromatic carbocycles. The molecule has 1 aliphatic heterocycles. The first-order valence-electron chi connectivity index (χ1n) is 7.79. The van der Waals surface area contributed by atoms with Crippen LogP contribution in [0.1, 0.15) is 13.8 Å². The minimum Gasteiger partial charge on any atom is -0.348 e. The Morgan fingerprint density at radius 1 is 1.24 bits per heavy atom. The van der Waals surface area contributed by atoms with Crippen molar-refractivity contribution in [2.75, 3.05) is 17.5 Å². The first kappa shape index (κ1) is 18.1. The van der Waals surface area contributed by atoms with Crippen LogP contribution in [0.4, 0.5) is 5.69 Å². The number of hydrogen-bond acceptors (Lipinski definition) is 5. The highest BCUT2D eigenvalue weighted by Gasteiger charge is 2.36. The standard InChI is InChI=1S/C17H19ClN2O4S/c1-17(2)23-12-14(24-17)11-20(13-6-4-3-5-7-13)25(21,22)15-8-9-16(18)19-10-15/h3-10,14H,11-12H2,1-2H3. The zero-order valence-electron chi connectivity index (χ0n) is 13.9. The maximum absolute atomic E-state index is 13.1. The average molecular weight is 383 g/mol. The summed E-state index contributed by atoms with van der Waals surface area (Å²) in [5.74, 6) is -0.724. The topological polar surface area (TPSA) is 68.7 Å². The van der Waals surface area contributed by atoms with Gasteiger partial charge in [-0.1, -0.05) is 29.8 Å². The van der Waals surface area contributed by atoms with E-state index in [1.807, 2.05) is 6.07 Å². The fourth-order valence-corrected chi connectivity index (χ4v) is 4.17. The lowest BCUT2D eigenvalue weighted by Crippen LogP contribution is -2.39. The zero-order chi connectivity index (χ0) is 18.1. The van der Waals surface area contributed by atoms with Crippen molar-refractivity contribution in [3.05, 3.63) is 53.8 Å². The van der Waals surface area contributed by atoms with Gasteiger partial charge in [0, 0.05) is 6.20 Å². The van der Waals surface area contributed by atoms with Gasteiger partial charge < -0.3 is 9.47 Å². The van der Waals surface area contributed by atoms with Crippen molar-refractivity contribution in [2.24, 2.45) is 0 Å². The van der Waals surface area contributed by atoms with Crippen LogP contribution in [0.3, 0.4) is 0 Å². The Balaban J connectivity index is 1.95. The third-order valence-corrected chi connectivity index (χ3v) is 5.77. The van der Waals surface area contributed by atoms with Crippen LogP contribution in [0, 0.1) is 0 Å². The van der Waals surface area contributed by atoms with Gasteiger partial charge in [0.1, 0.15) is 16.2 Å². The van der Waals surface area contributed by atoms with Gasteiger partial charge in [0.05, 0.1) is 18.8 Å². The minimum absolute atomic E-state index is 0.0685. The van der Waals surface area contributed by atoms with Crippen LogP contribution >= 0.6 is 11.6 Å². The van der Waals surface area contributed by atoms with Gasteiger partial charge in [-0.05, 0) is 38.1 Å². The fraction of sp³-hybridized carbons (Fsp3) is 0.353. The van der Waals surface area contributed by atoms with E-state index in [0.29, 0.717) is 12.3 Å². The normalized spacial score (nSPS) is 19.7. The van der Waals surface area contributed by atoms with Gasteiger partial charge in [0.25, 0.3) is 10.0 Å². The molecule has 3 rings (SSSR count). The van der Waals surface area contributed by atoms with Crippen molar-refractivity contribution in [1.82, 2.24) is 4.98 Å². The lowest BCUT2D eigenvalue weighted by Gasteiger charge is -2.27. The molecule has 2 heterocycles. The SMILES string of the molecule is CC1(C)OCC(CN(c2ccccc2)S(=O)(=O)c2ccc(Cl)nc2)O1. The minimum atomic E-state index is -3.82. The molecule has 0 amide bonds. The highest BCUT2D eigenvalue weighted by atomic mass is 35.5. The summed E-state index contributed by atoms with van der Waals surface area (Å²) in [5.41, 5.74) is 0.547. The summed E-state index contributed by atoms with van der Waals surface area (Å²) >= 11 is 5.77. The number of hydrogen-bond donors (Lipinski definition) is 0. The molecule has 134 valence electrons. The summed E-state index contributed by atoms with van der Waals surface area (Å²) in [6.07, 6.45) is 0.883. The fourth-order valence-electron chi connectivity index (χ4n) is 2.62. The largest absolute Gasteiger partial charge is 0.348 e. The monoisotopic (exact) mass is 382 g/mol. The van der Waals surface area contributed by atoms with Crippen LogP contribution in [-0.4, -0.2) is 38.4 Å². The van der Waals surface area contributed by atoms with Crippen molar-refractivity contribution in [1.29, 1.82) is 0 Å². The van der Waals surface area contributed by atoms with Gasteiger partial charge in [-0.25, -0.2) is 13.4 Å². The number of anilines is 1. The third kappa shape index (κ3) is 4.12. The van der Waals surface area contributed by atoms with Crippen LogP contribution in [0.2, 0.25) is 5.15 Å². The quantitative estimate of drug-likeness (QED) is 0.743. The zero-order valence-corrected chi connectivity index (χ0v) is 15.5. The Bertz CT molecular complexity index is 825. The first-order chi connectivity index (χ1) is 11.8. The van der Waals surface area contributed by atoms with E-state index in [9.17, 15) is 8.42 Å². The molecule has 1 aliphatic rings. The van der Waals surface area contributed by atoms with Gasteiger partial charge >= 0.3 is 0 Å². The highest BCUT2D eigenvalue weighted by molar-refractivity contribution is 7.92. The Morgan fingerprint density at radius 2 is 1.96 bits per heavy atom.